The van der Waals surface area contributed by atoms with Crippen LogP contribution in [0.15, 0.2) is 80.1 Å². The van der Waals surface area contributed by atoms with Crippen LogP contribution in [0.1, 0.15) is 36.8 Å². The van der Waals surface area contributed by atoms with E-state index in [1.807, 2.05) is 19.1 Å². The van der Waals surface area contributed by atoms with Crippen molar-refractivity contribution in [2.24, 2.45) is 4.99 Å². The van der Waals surface area contributed by atoms with Crippen LogP contribution in [-0.4, -0.2) is 29.2 Å². The van der Waals surface area contributed by atoms with Crippen molar-refractivity contribution in [1.29, 1.82) is 0 Å². The van der Waals surface area contributed by atoms with Gasteiger partial charge in [0, 0.05) is 29.3 Å². The van der Waals surface area contributed by atoms with Gasteiger partial charge in [-0.15, -0.1) is 0 Å². The number of nitrogens with zero attached hydrogens (tertiary/aromatic N) is 3. The lowest BCUT2D eigenvalue weighted by atomic mass is 9.95. The Balaban J connectivity index is 1.65. The molecule has 1 aliphatic heterocycles. The third kappa shape index (κ3) is 4.75. The van der Waals surface area contributed by atoms with E-state index in [0.717, 1.165) is 5.56 Å². The summed E-state index contributed by atoms with van der Waals surface area (Å²) < 4.78 is 18.7. The molecule has 0 radical (unpaired) electrons. The zero-order valence-electron chi connectivity index (χ0n) is 22.2. The number of rotatable bonds is 7. The first kappa shape index (κ1) is 26.8. The Hall–Kier alpha value is -4.77. The average molecular weight is 560 g/mol. The number of nitro benzene ring substituents is 1. The highest BCUT2D eigenvalue weighted by Gasteiger charge is 2.35. The van der Waals surface area contributed by atoms with Crippen molar-refractivity contribution in [3.63, 3.8) is 0 Å². The number of aryl methyl sites for hydroxylation is 1. The maximum Gasteiger partial charge on any atom is 0.338 e. The van der Waals surface area contributed by atoms with E-state index in [-0.39, 0.29) is 23.4 Å². The summed E-state index contributed by atoms with van der Waals surface area (Å²) in [6, 6.07) is 14.3. The molecular weight excluding hydrogens is 534 g/mol. The number of thiazole rings is 1. The molecule has 2 aromatic carbocycles. The summed E-state index contributed by atoms with van der Waals surface area (Å²) in [6.07, 6.45) is 1.60. The third-order valence-electron chi connectivity index (χ3n) is 6.55. The highest BCUT2D eigenvalue weighted by molar-refractivity contribution is 7.07. The molecule has 11 heteroatoms. The molecule has 0 fully saturated rings. The molecule has 0 bridgehead atoms. The molecule has 0 amide bonds. The van der Waals surface area contributed by atoms with Gasteiger partial charge in [0.05, 0.1) is 34.4 Å². The highest BCUT2D eigenvalue weighted by Crippen LogP contribution is 2.35. The predicted octanol–water partition coefficient (Wildman–Crippen LogP) is 4.28. The van der Waals surface area contributed by atoms with E-state index in [0.29, 0.717) is 43.4 Å². The highest BCUT2D eigenvalue weighted by atomic mass is 32.1. The Kier molecular flexibility index (Phi) is 7.22. The largest absolute Gasteiger partial charge is 0.496 e. The van der Waals surface area contributed by atoms with E-state index in [9.17, 15) is 19.7 Å². The zero-order chi connectivity index (χ0) is 28.6. The van der Waals surface area contributed by atoms with E-state index in [1.54, 1.807) is 50.3 Å². The first-order valence-electron chi connectivity index (χ1n) is 12.4. The minimum Gasteiger partial charge on any atom is -0.496 e. The van der Waals surface area contributed by atoms with Crippen molar-refractivity contribution >= 4 is 29.1 Å². The monoisotopic (exact) mass is 559 g/mol. The lowest BCUT2D eigenvalue weighted by Crippen LogP contribution is -2.40. The Morgan fingerprint density at radius 3 is 2.70 bits per heavy atom. The first-order valence-corrected chi connectivity index (χ1v) is 13.2. The molecular formula is C29H25N3O7S. The lowest BCUT2D eigenvalue weighted by Gasteiger charge is -2.25. The number of allylic oxidation sites excluding steroid dienone is 1. The van der Waals surface area contributed by atoms with Crippen molar-refractivity contribution in [3.05, 3.63) is 113 Å². The summed E-state index contributed by atoms with van der Waals surface area (Å²) in [5, 5.41) is 11.3. The number of hydrogen-bond acceptors (Lipinski definition) is 9. The number of para-hydroxylation sites is 1. The molecule has 0 N–H and O–H groups in total. The van der Waals surface area contributed by atoms with Gasteiger partial charge >= 0.3 is 5.97 Å². The first-order chi connectivity index (χ1) is 19.2. The van der Waals surface area contributed by atoms with Crippen LogP contribution in [-0.2, 0) is 9.53 Å². The van der Waals surface area contributed by atoms with Crippen molar-refractivity contribution < 1.29 is 23.6 Å². The number of nitro groups is 1. The second-order valence-electron chi connectivity index (χ2n) is 9.00. The quantitative estimate of drug-likeness (QED) is 0.188. The van der Waals surface area contributed by atoms with Crippen LogP contribution >= 0.6 is 11.3 Å². The van der Waals surface area contributed by atoms with Gasteiger partial charge in [-0.25, -0.2) is 9.79 Å². The predicted molar refractivity (Wildman–Crippen MR) is 149 cm³/mol. The van der Waals surface area contributed by atoms with Gasteiger partial charge in [0.1, 0.15) is 23.3 Å². The fourth-order valence-electron chi connectivity index (χ4n) is 4.67. The summed E-state index contributed by atoms with van der Waals surface area (Å²) in [5.41, 5.74) is 2.31. The van der Waals surface area contributed by atoms with E-state index in [4.69, 9.17) is 13.9 Å². The fraction of sp³-hybridized carbons (Fsp3) is 0.207. The molecule has 4 aromatic rings. The number of benzene rings is 2. The zero-order valence-corrected chi connectivity index (χ0v) is 23.0. The van der Waals surface area contributed by atoms with E-state index in [2.05, 4.69) is 4.99 Å². The van der Waals surface area contributed by atoms with Gasteiger partial charge in [0.25, 0.3) is 11.2 Å². The van der Waals surface area contributed by atoms with Crippen LogP contribution in [0, 0.1) is 17.0 Å². The smallest absolute Gasteiger partial charge is 0.338 e. The minimum absolute atomic E-state index is 0.0454. The number of fused-ring (bicyclic) bond motifs is 1. The standard InChI is InChI=1S/C29H25N3O7S/c1-5-38-28(34)25-17(3)30-29-31(26(25)20-8-6-7-9-22(20)37-4)27(33)24(40-29)15-19-12-13-23(39-19)21-14-18(32(35)36)11-10-16(21)2/h6-15,26H,5H2,1-4H3/b24-15+/t26-/m0/s1. The Morgan fingerprint density at radius 2 is 1.98 bits per heavy atom. The molecule has 1 aliphatic rings. The van der Waals surface area contributed by atoms with Crippen LogP contribution in [0.3, 0.4) is 0 Å². The van der Waals surface area contributed by atoms with Gasteiger partial charge in [-0.3, -0.25) is 19.5 Å². The number of hydrogen-bond donors (Lipinski definition) is 0. The summed E-state index contributed by atoms with van der Waals surface area (Å²) in [7, 11) is 1.53. The van der Waals surface area contributed by atoms with E-state index < -0.39 is 16.9 Å². The van der Waals surface area contributed by atoms with Crippen molar-refractivity contribution in [2.45, 2.75) is 26.8 Å². The second-order valence-corrected chi connectivity index (χ2v) is 10.0. The molecule has 0 saturated heterocycles. The Morgan fingerprint density at radius 1 is 1.20 bits per heavy atom. The topological polar surface area (TPSA) is 126 Å². The molecule has 2 aromatic heterocycles. The maximum absolute atomic E-state index is 13.8. The molecule has 3 heterocycles. The summed E-state index contributed by atoms with van der Waals surface area (Å²) in [6.45, 7) is 5.43. The van der Waals surface area contributed by atoms with E-state index >= 15 is 0 Å². The SMILES string of the molecule is CCOC(=O)C1=C(C)N=c2s/c(=C/c3ccc(-c4cc([N+](=O)[O-])ccc4C)o3)c(=O)n2[C@H]1c1ccccc1OC. The van der Waals surface area contributed by atoms with Gasteiger partial charge in [0.2, 0.25) is 0 Å². The molecule has 0 spiro atoms. The van der Waals surface area contributed by atoms with Gasteiger partial charge < -0.3 is 13.9 Å². The van der Waals surface area contributed by atoms with Gasteiger partial charge in [-0.05, 0) is 44.5 Å². The third-order valence-corrected chi connectivity index (χ3v) is 7.53. The number of carbonyl (C=O) groups is 1. The number of carbonyl (C=O) groups excluding carboxylic acids is 1. The molecule has 0 saturated carbocycles. The van der Waals surface area contributed by atoms with Crippen LogP contribution in [0.5, 0.6) is 5.75 Å². The number of furan rings is 1. The van der Waals surface area contributed by atoms with Gasteiger partial charge in [0.15, 0.2) is 4.80 Å². The van der Waals surface area contributed by atoms with Crippen LogP contribution in [0.2, 0.25) is 0 Å². The maximum atomic E-state index is 13.8. The van der Waals surface area contributed by atoms with Crippen LogP contribution in [0.4, 0.5) is 5.69 Å². The molecule has 204 valence electrons. The Bertz CT molecular complexity index is 1860. The van der Waals surface area contributed by atoms with Crippen molar-refractivity contribution in [2.75, 3.05) is 13.7 Å². The molecule has 0 unspecified atom stereocenters. The van der Waals surface area contributed by atoms with Crippen LogP contribution < -0.4 is 19.6 Å². The summed E-state index contributed by atoms with van der Waals surface area (Å²) in [5.74, 6) is 0.785. The molecule has 0 aliphatic carbocycles. The summed E-state index contributed by atoms with van der Waals surface area (Å²) in [4.78, 5) is 42.7. The average Bonchev–Trinajstić information content (AvgIpc) is 3.52. The minimum atomic E-state index is -0.812. The van der Waals surface area contributed by atoms with Gasteiger partial charge in [-0.2, -0.15) is 0 Å². The van der Waals surface area contributed by atoms with Crippen molar-refractivity contribution in [1.82, 2.24) is 4.57 Å². The normalized spacial score (nSPS) is 15.0. The number of ether oxygens (including phenoxy) is 2. The second kappa shape index (κ2) is 10.8. The number of non-ortho nitro benzene ring substituents is 1. The Labute approximate surface area is 232 Å². The number of aromatic nitrogens is 1. The van der Waals surface area contributed by atoms with Gasteiger partial charge in [-0.1, -0.05) is 35.6 Å². The molecule has 5 rings (SSSR count). The number of methoxy groups -OCH3 is 1. The molecule has 10 nitrogen and oxygen atoms in total. The number of esters is 1. The summed E-state index contributed by atoms with van der Waals surface area (Å²) >= 11 is 1.17. The molecule has 40 heavy (non-hydrogen) atoms. The van der Waals surface area contributed by atoms with Crippen LogP contribution in [0.25, 0.3) is 17.4 Å². The lowest BCUT2D eigenvalue weighted by molar-refractivity contribution is -0.384. The molecule has 1 atom stereocenters. The van der Waals surface area contributed by atoms with Crippen molar-refractivity contribution in [3.8, 4) is 17.1 Å². The van der Waals surface area contributed by atoms with E-state index in [1.165, 1.54) is 35.1 Å². The fourth-order valence-corrected chi connectivity index (χ4v) is 5.70.